The smallest absolute Gasteiger partial charge is 0.223 e. The number of nitrogens with one attached hydrogen (secondary N) is 2. The molecule has 1 aliphatic heterocycles. The lowest BCUT2D eigenvalue weighted by Crippen LogP contribution is -2.39. The maximum absolute atomic E-state index is 12.5. The fourth-order valence-corrected chi connectivity index (χ4v) is 3.90. The fraction of sp³-hybridized carbons (Fsp3) is 0.320. The number of guanidine groups is 1. The summed E-state index contributed by atoms with van der Waals surface area (Å²) in [6.45, 7) is 2.96. The largest absolute Gasteiger partial charge is 0.356 e. The lowest BCUT2D eigenvalue weighted by atomic mass is 10.1. The van der Waals surface area contributed by atoms with E-state index in [2.05, 4.69) is 57.1 Å². The second kappa shape index (κ2) is 12.4. The average molecular weight is 558 g/mol. The highest BCUT2D eigenvalue weighted by Gasteiger charge is 2.22. The van der Waals surface area contributed by atoms with Crippen LogP contribution in [0.15, 0.2) is 72.0 Å². The van der Waals surface area contributed by atoms with E-state index in [-0.39, 0.29) is 29.9 Å². The summed E-state index contributed by atoms with van der Waals surface area (Å²) in [5.41, 5.74) is 4.83. The van der Waals surface area contributed by atoms with E-state index in [1.54, 1.807) is 13.2 Å². The Morgan fingerprint density at radius 1 is 1.00 bits per heavy atom. The van der Waals surface area contributed by atoms with Gasteiger partial charge in [-0.3, -0.25) is 9.79 Å². The van der Waals surface area contributed by atoms with Gasteiger partial charge in [0, 0.05) is 52.0 Å². The topological polar surface area (TPSA) is 74.6 Å². The third kappa shape index (κ3) is 6.80. The van der Waals surface area contributed by atoms with E-state index in [1.807, 2.05) is 34.0 Å². The van der Waals surface area contributed by atoms with E-state index in [9.17, 15) is 4.79 Å². The number of benzene rings is 2. The summed E-state index contributed by atoms with van der Waals surface area (Å²) in [4.78, 5) is 18.7. The molecule has 1 amide bonds. The monoisotopic (exact) mass is 558 g/mol. The maximum Gasteiger partial charge on any atom is 0.223 e. The molecule has 33 heavy (non-hydrogen) atoms. The number of rotatable bonds is 8. The summed E-state index contributed by atoms with van der Waals surface area (Å²) >= 11 is 0. The lowest BCUT2D eigenvalue weighted by molar-refractivity contribution is -0.131. The highest BCUT2D eigenvalue weighted by molar-refractivity contribution is 14.0. The fourth-order valence-electron chi connectivity index (χ4n) is 3.90. The molecule has 2 heterocycles. The van der Waals surface area contributed by atoms with Crippen LogP contribution in [0.5, 0.6) is 0 Å². The van der Waals surface area contributed by atoms with Gasteiger partial charge in [0.1, 0.15) is 0 Å². The second-order valence-corrected chi connectivity index (χ2v) is 7.91. The van der Waals surface area contributed by atoms with Crippen molar-refractivity contribution in [1.82, 2.24) is 25.3 Å². The number of amides is 1. The summed E-state index contributed by atoms with van der Waals surface area (Å²) in [6, 6.07) is 18.6. The van der Waals surface area contributed by atoms with E-state index in [0.717, 1.165) is 44.1 Å². The first-order valence-electron chi connectivity index (χ1n) is 11.1. The minimum atomic E-state index is 0. The minimum absolute atomic E-state index is 0. The lowest BCUT2D eigenvalue weighted by Gasteiger charge is -2.16. The number of carbonyl (C=O) groups is 1. The van der Waals surface area contributed by atoms with Gasteiger partial charge in [0.25, 0.3) is 0 Å². The Labute approximate surface area is 212 Å². The van der Waals surface area contributed by atoms with Crippen LogP contribution in [0.4, 0.5) is 0 Å². The van der Waals surface area contributed by atoms with Gasteiger partial charge in [-0.15, -0.1) is 24.0 Å². The van der Waals surface area contributed by atoms with Crippen molar-refractivity contribution in [1.29, 1.82) is 0 Å². The van der Waals surface area contributed by atoms with Crippen LogP contribution in [0.3, 0.4) is 0 Å². The molecule has 4 rings (SSSR count). The summed E-state index contributed by atoms with van der Waals surface area (Å²) in [5, 5.41) is 10.9. The van der Waals surface area contributed by atoms with Gasteiger partial charge in [0.2, 0.25) is 5.91 Å². The number of nitrogens with zero attached hydrogens (tertiary/aromatic N) is 4. The zero-order valence-corrected chi connectivity index (χ0v) is 21.2. The van der Waals surface area contributed by atoms with Gasteiger partial charge in [0.05, 0.1) is 5.69 Å². The van der Waals surface area contributed by atoms with Crippen LogP contribution in [0.1, 0.15) is 29.5 Å². The average Bonchev–Trinajstić information content (AvgIpc) is 3.51. The molecule has 0 fully saturated rings. The first-order valence-corrected chi connectivity index (χ1v) is 11.1. The van der Waals surface area contributed by atoms with Crippen LogP contribution in [0.2, 0.25) is 0 Å². The number of aromatic nitrogens is 2. The number of hydrogen-bond donors (Lipinski definition) is 2. The van der Waals surface area contributed by atoms with Gasteiger partial charge < -0.3 is 15.5 Å². The number of carbonyl (C=O) groups excluding carboxylic acids is 1. The maximum atomic E-state index is 12.5. The van der Waals surface area contributed by atoms with E-state index in [1.165, 1.54) is 16.7 Å². The van der Waals surface area contributed by atoms with E-state index in [4.69, 9.17) is 0 Å². The van der Waals surface area contributed by atoms with E-state index < -0.39 is 0 Å². The van der Waals surface area contributed by atoms with Crippen molar-refractivity contribution in [2.75, 3.05) is 20.1 Å². The Bertz CT molecular complexity index is 1020. The molecular weight excluding hydrogens is 527 g/mol. The van der Waals surface area contributed by atoms with Crippen LogP contribution in [-0.4, -0.2) is 46.7 Å². The van der Waals surface area contributed by atoms with Crippen molar-refractivity contribution >= 4 is 35.8 Å². The summed E-state index contributed by atoms with van der Waals surface area (Å²) < 4.78 is 1.85. The van der Waals surface area contributed by atoms with Gasteiger partial charge in [-0.05, 0) is 47.7 Å². The summed E-state index contributed by atoms with van der Waals surface area (Å²) in [6.07, 6.45) is 5.93. The standard InChI is InChI=1S/C25H30N6O.HI/c1-26-25(28-16-13-20-9-11-23(12-10-20)31-17-5-15-29-31)27-14-4-8-24(32)30-18-21-6-2-3-7-22(21)19-30;/h2-3,5-7,9-12,15,17H,4,8,13-14,16,18-19H2,1H3,(H2,26,27,28);1H. The molecule has 7 nitrogen and oxygen atoms in total. The van der Waals surface area contributed by atoms with Gasteiger partial charge >= 0.3 is 0 Å². The van der Waals surface area contributed by atoms with Crippen molar-refractivity contribution in [3.63, 3.8) is 0 Å². The van der Waals surface area contributed by atoms with Crippen molar-refractivity contribution < 1.29 is 4.79 Å². The van der Waals surface area contributed by atoms with Gasteiger partial charge in [-0.1, -0.05) is 36.4 Å². The number of fused-ring (bicyclic) bond motifs is 1. The van der Waals surface area contributed by atoms with Crippen LogP contribution in [0, 0.1) is 0 Å². The van der Waals surface area contributed by atoms with Crippen LogP contribution >= 0.6 is 24.0 Å². The molecule has 1 aromatic heterocycles. The number of halogens is 1. The molecule has 3 aromatic rings. The SMILES string of the molecule is CN=C(NCCCC(=O)N1Cc2ccccc2C1)NCCc1ccc(-n2cccn2)cc1.I. The molecule has 0 spiro atoms. The molecule has 174 valence electrons. The van der Waals surface area contributed by atoms with Crippen molar-refractivity contribution in [3.05, 3.63) is 83.7 Å². The van der Waals surface area contributed by atoms with Crippen molar-refractivity contribution in [3.8, 4) is 5.69 Å². The van der Waals surface area contributed by atoms with Crippen molar-refractivity contribution in [2.24, 2.45) is 4.99 Å². The molecule has 8 heteroatoms. The molecule has 2 N–H and O–H groups in total. The van der Waals surface area contributed by atoms with Crippen LogP contribution < -0.4 is 10.6 Å². The molecule has 0 unspecified atom stereocenters. The number of hydrogen-bond acceptors (Lipinski definition) is 3. The first-order chi connectivity index (χ1) is 15.7. The highest BCUT2D eigenvalue weighted by Crippen LogP contribution is 2.22. The van der Waals surface area contributed by atoms with E-state index >= 15 is 0 Å². The van der Waals surface area contributed by atoms with Gasteiger partial charge in [0.15, 0.2) is 5.96 Å². The Morgan fingerprint density at radius 3 is 2.33 bits per heavy atom. The summed E-state index contributed by atoms with van der Waals surface area (Å²) in [5.74, 6) is 0.976. The molecule has 0 bridgehead atoms. The molecule has 1 aliphatic rings. The molecule has 0 atom stereocenters. The third-order valence-corrected chi connectivity index (χ3v) is 5.69. The summed E-state index contributed by atoms with van der Waals surface area (Å²) in [7, 11) is 1.76. The Kier molecular flexibility index (Phi) is 9.29. The highest BCUT2D eigenvalue weighted by atomic mass is 127. The van der Waals surface area contributed by atoms with E-state index in [0.29, 0.717) is 13.0 Å². The first kappa shape index (κ1) is 24.8. The zero-order chi connectivity index (χ0) is 22.2. The Morgan fingerprint density at radius 2 is 1.70 bits per heavy atom. The molecule has 0 radical (unpaired) electrons. The quantitative estimate of drug-likeness (QED) is 0.192. The zero-order valence-electron chi connectivity index (χ0n) is 18.9. The molecule has 2 aromatic carbocycles. The van der Waals surface area contributed by atoms with Crippen LogP contribution in [0.25, 0.3) is 5.69 Å². The number of aliphatic imine (C=N–C) groups is 1. The van der Waals surface area contributed by atoms with Gasteiger partial charge in [-0.2, -0.15) is 5.10 Å². The van der Waals surface area contributed by atoms with Gasteiger partial charge in [-0.25, -0.2) is 4.68 Å². The van der Waals surface area contributed by atoms with Crippen molar-refractivity contribution in [2.45, 2.75) is 32.4 Å². The Balaban J connectivity index is 0.00000306. The predicted octanol–water partition coefficient (Wildman–Crippen LogP) is 3.52. The predicted molar refractivity (Wildman–Crippen MR) is 142 cm³/mol. The van der Waals surface area contributed by atoms with Crippen LogP contribution in [-0.2, 0) is 24.3 Å². The second-order valence-electron chi connectivity index (χ2n) is 7.91. The molecule has 0 saturated carbocycles. The Hall–Kier alpha value is -2.88. The molecule has 0 aliphatic carbocycles. The molecular formula is C25H31IN6O. The minimum Gasteiger partial charge on any atom is -0.356 e. The third-order valence-electron chi connectivity index (χ3n) is 5.69. The molecule has 0 saturated heterocycles. The normalized spacial score (nSPS) is 12.8.